The van der Waals surface area contributed by atoms with Crippen molar-refractivity contribution < 1.29 is 9.53 Å². The van der Waals surface area contributed by atoms with E-state index in [1.807, 2.05) is 6.07 Å². The molecule has 1 aliphatic heterocycles. The van der Waals surface area contributed by atoms with E-state index in [2.05, 4.69) is 53.3 Å². The molecule has 1 heterocycles. The largest absolute Gasteiger partial charge is 0.381 e. The molecule has 1 amide bonds. The van der Waals surface area contributed by atoms with Crippen LogP contribution in [0.3, 0.4) is 0 Å². The van der Waals surface area contributed by atoms with Crippen molar-refractivity contribution in [1.82, 2.24) is 5.32 Å². The fourth-order valence-electron chi connectivity index (χ4n) is 3.21. The van der Waals surface area contributed by atoms with Crippen molar-refractivity contribution in [2.45, 2.75) is 44.9 Å². The molecule has 2 rings (SSSR count). The molecular weight excluding hydrogens is 342 g/mol. The normalized spacial score (nSPS) is 17.5. The van der Waals surface area contributed by atoms with Gasteiger partial charge in [0.05, 0.1) is 0 Å². The van der Waals surface area contributed by atoms with Crippen LogP contribution in [-0.2, 0) is 14.9 Å². The Balaban J connectivity index is 2.14. The molecule has 0 spiro atoms. The lowest BCUT2D eigenvalue weighted by atomic mass is 9.74. The molecule has 4 heteroatoms. The minimum absolute atomic E-state index is 0.0102. The molecule has 0 bridgehead atoms. The van der Waals surface area contributed by atoms with Crippen molar-refractivity contribution in [3.05, 3.63) is 34.3 Å². The molecule has 0 aromatic heterocycles. The van der Waals surface area contributed by atoms with E-state index in [0.29, 0.717) is 6.54 Å². The average molecular weight is 368 g/mol. The number of carbonyl (C=O) groups excluding carboxylic acids is 1. The average Bonchev–Trinajstić information content (AvgIpc) is 2.55. The lowest BCUT2D eigenvalue weighted by Crippen LogP contribution is -2.46. The highest BCUT2D eigenvalue weighted by molar-refractivity contribution is 9.10. The molecule has 1 N–H and O–H groups in total. The summed E-state index contributed by atoms with van der Waals surface area (Å²) in [6.45, 7) is 6.36. The molecule has 0 saturated carbocycles. The number of nitrogens with one attached hydrogen (secondary N) is 1. The summed E-state index contributed by atoms with van der Waals surface area (Å²) < 4.78 is 6.63. The highest BCUT2D eigenvalue weighted by Gasteiger charge is 2.35. The Morgan fingerprint density at radius 3 is 2.59 bits per heavy atom. The van der Waals surface area contributed by atoms with E-state index >= 15 is 0 Å². The van der Waals surface area contributed by atoms with Gasteiger partial charge < -0.3 is 10.1 Å². The van der Waals surface area contributed by atoms with Gasteiger partial charge in [0.15, 0.2) is 0 Å². The lowest BCUT2D eigenvalue weighted by molar-refractivity contribution is -0.125. The summed E-state index contributed by atoms with van der Waals surface area (Å²) in [6.07, 6.45) is 3.70. The standard InChI is InChI=1S/C18H26BrNO2/c1-3-14(4-2)17(21)20-13-18(8-10-22-11-9-18)15-6-5-7-16(19)12-15/h5-7,12,14H,3-4,8-11,13H2,1-2H3,(H,20,21). The highest BCUT2D eigenvalue weighted by atomic mass is 79.9. The third-order valence-corrected chi connectivity index (χ3v) is 5.34. The van der Waals surface area contributed by atoms with Gasteiger partial charge in [-0.3, -0.25) is 4.79 Å². The molecule has 0 radical (unpaired) electrons. The van der Waals surface area contributed by atoms with E-state index in [4.69, 9.17) is 4.74 Å². The first kappa shape index (κ1) is 17.5. The molecule has 122 valence electrons. The Kier molecular flexibility index (Phi) is 6.45. The van der Waals surface area contributed by atoms with Crippen LogP contribution >= 0.6 is 15.9 Å². The fourth-order valence-corrected chi connectivity index (χ4v) is 3.61. The summed E-state index contributed by atoms with van der Waals surface area (Å²) in [4.78, 5) is 12.3. The first-order valence-corrected chi connectivity index (χ1v) is 9.02. The summed E-state index contributed by atoms with van der Waals surface area (Å²) in [5, 5.41) is 3.20. The number of amides is 1. The molecule has 1 aromatic rings. The van der Waals surface area contributed by atoms with Crippen molar-refractivity contribution in [3.8, 4) is 0 Å². The Morgan fingerprint density at radius 2 is 2.00 bits per heavy atom. The van der Waals surface area contributed by atoms with Gasteiger partial charge in [-0.25, -0.2) is 0 Å². The molecular formula is C18H26BrNO2. The van der Waals surface area contributed by atoms with Crippen LogP contribution in [0.25, 0.3) is 0 Å². The van der Waals surface area contributed by atoms with Gasteiger partial charge in [-0.05, 0) is 43.4 Å². The molecule has 1 aromatic carbocycles. The van der Waals surface area contributed by atoms with Crippen molar-refractivity contribution in [1.29, 1.82) is 0 Å². The number of benzene rings is 1. The van der Waals surface area contributed by atoms with Gasteiger partial charge in [0.2, 0.25) is 5.91 Å². The summed E-state index contributed by atoms with van der Waals surface area (Å²) in [5.74, 6) is 0.310. The number of ether oxygens (including phenoxy) is 1. The molecule has 0 atom stereocenters. The van der Waals surface area contributed by atoms with Crippen LogP contribution in [0.5, 0.6) is 0 Å². The zero-order valence-electron chi connectivity index (χ0n) is 13.5. The topological polar surface area (TPSA) is 38.3 Å². The van der Waals surface area contributed by atoms with Crippen molar-refractivity contribution >= 4 is 21.8 Å². The minimum Gasteiger partial charge on any atom is -0.381 e. The molecule has 1 saturated heterocycles. The second kappa shape index (κ2) is 8.11. The van der Waals surface area contributed by atoms with E-state index in [1.165, 1.54) is 5.56 Å². The van der Waals surface area contributed by atoms with E-state index in [-0.39, 0.29) is 17.2 Å². The number of hydrogen-bond donors (Lipinski definition) is 1. The van der Waals surface area contributed by atoms with Crippen LogP contribution in [0.1, 0.15) is 45.1 Å². The first-order chi connectivity index (χ1) is 10.6. The Labute approximate surface area is 141 Å². The maximum Gasteiger partial charge on any atom is 0.223 e. The Bertz CT molecular complexity index is 494. The summed E-state index contributed by atoms with van der Waals surface area (Å²) in [6, 6.07) is 8.45. The number of carbonyl (C=O) groups is 1. The SMILES string of the molecule is CCC(CC)C(=O)NCC1(c2cccc(Br)c2)CCOCC1. The fraction of sp³-hybridized carbons (Fsp3) is 0.611. The van der Waals surface area contributed by atoms with E-state index in [1.54, 1.807) is 0 Å². The minimum atomic E-state index is -0.0102. The van der Waals surface area contributed by atoms with Gasteiger partial charge in [-0.1, -0.05) is 41.9 Å². The maximum atomic E-state index is 12.3. The summed E-state index contributed by atoms with van der Waals surface area (Å²) >= 11 is 3.56. The van der Waals surface area contributed by atoms with Crippen LogP contribution in [0.4, 0.5) is 0 Å². The summed E-state index contributed by atoms with van der Waals surface area (Å²) in [5.41, 5.74) is 1.28. The smallest absolute Gasteiger partial charge is 0.223 e. The molecule has 22 heavy (non-hydrogen) atoms. The number of rotatable bonds is 6. The molecule has 1 aliphatic rings. The van der Waals surface area contributed by atoms with E-state index in [9.17, 15) is 4.79 Å². The van der Waals surface area contributed by atoms with Gasteiger partial charge in [0.1, 0.15) is 0 Å². The van der Waals surface area contributed by atoms with Crippen LogP contribution in [0, 0.1) is 5.92 Å². The van der Waals surface area contributed by atoms with Gasteiger partial charge in [-0.2, -0.15) is 0 Å². The highest BCUT2D eigenvalue weighted by Crippen LogP contribution is 2.35. The van der Waals surface area contributed by atoms with Crippen molar-refractivity contribution in [2.75, 3.05) is 19.8 Å². The molecule has 1 fully saturated rings. The van der Waals surface area contributed by atoms with Crippen LogP contribution in [-0.4, -0.2) is 25.7 Å². The lowest BCUT2D eigenvalue weighted by Gasteiger charge is -2.38. The van der Waals surface area contributed by atoms with Gasteiger partial charge in [-0.15, -0.1) is 0 Å². The van der Waals surface area contributed by atoms with Crippen molar-refractivity contribution in [3.63, 3.8) is 0 Å². The Morgan fingerprint density at radius 1 is 1.32 bits per heavy atom. The van der Waals surface area contributed by atoms with Crippen molar-refractivity contribution in [2.24, 2.45) is 5.92 Å². The second-order valence-corrected chi connectivity index (χ2v) is 7.05. The quantitative estimate of drug-likeness (QED) is 0.823. The van der Waals surface area contributed by atoms with E-state index in [0.717, 1.165) is 43.4 Å². The van der Waals surface area contributed by atoms with Crippen LogP contribution < -0.4 is 5.32 Å². The van der Waals surface area contributed by atoms with Crippen LogP contribution in [0.2, 0.25) is 0 Å². The zero-order chi connectivity index (χ0) is 16.0. The summed E-state index contributed by atoms with van der Waals surface area (Å²) in [7, 11) is 0. The molecule has 3 nitrogen and oxygen atoms in total. The van der Waals surface area contributed by atoms with E-state index < -0.39 is 0 Å². The second-order valence-electron chi connectivity index (χ2n) is 6.13. The Hall–Kier alpha value is -0.870. The van der Waals surface area contributed by atoms with Gasteiger partial charge in [0.25, 0.3) is 0 Å². The van der Waals surface area contributed by atoms with Crippen LogP contribution in [0.15, 0.2) is 28.7 Å². The molecule has 0 unspecified atom stereocenters. The number of hydrogen-bond acceptors (Lipinski definition) is 2. The zero-order valence-corrected chi connectivity index (χ0v) is 15.1. The molecule has 0 aliphatic carbocycles. The third kappa shape index (κ3) is 4.11. The third-order valence-electron chi connectivity index (χ3n) is 4.84. The van der Waals surface area contributed by atoms with Gasteiger partial charge >= 0.3 is 0 Å². The number of halogens is 1. The first-order valence-electron chi connectivity index (χ1n) is 8.23. The monoisotopic (exact) mass is 367 g/mol. The predicted molar refractivity (Wildman–Crippen MR) is 93.0 cm³/mol. The maximum absolute atomic E-state index is 12.3. The predicted octanol–water partition coefficient (Wildman–Crippen LogP) is 4.05. The van der Waals surface area contributed by atoms with Gasteiger partial charge in [0, 0.05) is 35.6 Å².